The molecule has 8 heterocycles. The highest BCUT2D eigenvalue weighted by atomic mass is 16.4. The van der Waals surface area contributed by atoms with Crippen molar-refractivity contribution in [2.45, 2.75) is 60.2 Å². The maximum Gasteiger partial charge on any atom is 0.335 e. The molecule has 20 rings (SSSR count). The highest BCUT2D eigenvalue weighted by molar-refractivity contribution is 5.91. The monoisotopic (exact) mass is 1460 g/mol. The first-order valence-electron chi connectivity index (χ1n) is 34.6. The van der Waals surface area contributed by atoms with Crippen LogP contribution in [0.1, 0.15) is 102 Å². The molecule has 0 spiro atoms. The Kier molecular flexibility index (Phi) is 15.0. The summed E-state index contributed by atoms with van der Waals surface area (Å²) in [7, 11) is 0. The molecule has 16 aromatic rings. The van der Waals surface area contributed by atoms with Crippen LogP contribution in [0.2, 0.25) is 0 Å². The van der Waals surface area contributed by atoms with Gasteiger partial charge in [0.05, 0.1) is 142 Å². The van der Waals surface area contributed by atoms with Crippen LogP contribution in [0.15, 0.2) is 244 Å². The molecule has 32 nitrogen and oxygen atoms in total. The Morgan fingerprint density at radius 1 is 0.255 bits per heavy atom. The van der Waals surface area contributed by atoms with Crippen LogP contribution in [0, 0.1) is 0 Å². The molecule has 0 radical (unpaired) electrons. The van der Waals surface area contributed by atoms with Gasteiger partial charge in [0.1, 0.15) is 22.8 Å². The number of aromatic carboxylic acids is 4. The normalized spacial score (nSPS) is 18.4. The largest absolute Gasteiger partial charge is 0.478 e. The SMILES string of the molecule is O=C(O)c1cc(-n2ccnn2)cc(-n2cc(-c3ccc(C45CC6(c7ccc(-c8cn(-c9cc(C(=O)O)cc(-n%10ccnn%10)c9)nn8)cc7)CC(c7ccc(-c8cn(-c9cc(C(=O)O)cc(-n%10ccnn%10)c9)nn8)cc7)(C4)CC(c4ccc(-c7cn(-c8cc(C(=O)O)cc(-n9ccnn9)c8)nn7)cc4)(C5)C6)cc3)nn2)c1. The average Bonchev–Trinajstić information content (AvgIpc) is 0.790. The molecular weight excluding hydrogens is 1400 g/mol. The van der Waals surface area contributed by atoms with Crippen LogP contribution < -0.4 is 0 Å². The van der Waals surface area contributed by atoms with E-state index in [9.17, 15) is 39.6 Å². The lowest BCUT2D eigenvalue weighted by Crippen LogP contribution is -2.67. The summed E-state index contributed by atoms with van der Waals surface area (Å²) in [5.74, 6) is -4.48. The molecule has 0 aliphatic heterocycles. The Bertz CT molecular complexity index is 5470. The minimum absolute atomic E-state index is 0.0325. The zero-order valence-corrected chi connectivity index (χ0v) is 57.5. The van der Waals surface area contributed by atoms with Gasteiger partial charge < -0.3 is 20.4 Å². The molecule has 32 heteroatoms. The number of benzene rings is 8. The van der Waals surface area contributed by atoms with Gasteiger partial charge in [-0.25, -0.2) is 56.6 Å². The van der Waals surface area contributed by atoms with Crippen molar-refractivity contribution < 1.29 is 39.6 Å². The van der Waals surface area contributed by atoms with Gasteiger partial charge in [0, 0.05) is 22.3 Å². The summed E-state index contributed by atoms with van der Waals surface area (Å²) in [6, 6.07) is 53.7. The Morgan fingerprint density at radius 2 is 0.445 bits per heavy atom. The van der Waals surface area contributed by atoms with Crippen molar-refractivity contribution in [3.63, 3.8) is 0 Å². The first-order chi connectivity index (χ1) is 53.5. The standard InChI is InChI=1S/C78H56N24O8/c103-71(104)51-25-59(95-21-17-79-87-95)33-63(29-51)99-37-67(83-91-99)47-1-9-55(10-2-47)75-41-76(56-11-3-48(4-12-56)68-38-100(92-84-68)64-30-52(72(105)106)26-60(34-64)96-22-18-80-88-96)44-77(42-75,57-13-5-49(6-14-57)69-39-101(93-85-69)65-31-53(73(107)108)27-61(35-65)97-23-19-81-89-97)46-78(43-75,45-76)58-15-7-50(8-16-58)70-40-102(94-86-70)66-32-54(74(109)110)28-62(36-66)98-24-20-82-90-98/h1-40H,41-46H2,(H,103,104)(H,105,106)(H,107,108)(H,109,110). The number of hydrogen-bond donors (Lipinski definition) is 4. The third kappa shape index (κ3) is 11.5. The molecule has 4 fully saturated rings. The Morgan fingerprint density at radius 3 is 0.618 bits per heavy atom. The molecule has 4 saturated carbocycles. The lowest BCUT2D eigenvalue weighted by Gasteiger charge is -2.71. The van der Waals surface area contributed by atoms with Crippen LogP contribution in [0.4, 0.5) is 0 Å². The second kappa shape index (κ2) is 25.2. The number of nitrogens with zero attached hydrogens (tertiary/aromatic N) is 24. The second-order valence-electron chi connectivity index (χ2n) is 28.2. The third-order valence-electron chi connectivity index (χ3n) is 21.6. The molecule has 4 N–H and O–H groups in total. The fraction of sp³-hybridized carbons (Fsp3) is 0.128. The Balaban J connectivity index is 0.725. The van der Waals surface area contributed by atoms with Crippen LogP contribution in [0.5, 0.6) is 0 Å². The summed E-state index contributed by atoms with van der Waals surface area (Å²) in [6.07, 6.45) is 24.3. The van der Waals surface area contributed by atoms with Crippen LogP contribution in [-0.4, -0.2) is 164 Å². The maximum atomic E-state index is 12.4. The summed E-state index contributed by atoms with van der Waals surface area (Å²) < 4.78 is 12.1. The van der Waals surface area contributed by atoms with Gasteiger partial charge in [-0.3, -0.25) is 0 Å². The number of carbonyl (C=O) groups is 4. The van der Waals surface area contributed by atoms with Gasteiger partial charge in [-0.15, -0.1) is 40.8 Å². The molecule has 536 valence electrons. The lowest BCUT2D eigenvalue weighted by atomic mass is 9.32. The van der Waals surface area contributed by atoms with E-state index >= 15 is 0 Å². The van der Waals surface area contributed by atoms with Gasteiger partial charge in [0.15, 0.2) is 0 Å². The first-order valence-corrected chi connectivity index (χ1v) is 34.6. The molecule has 8 aromatic heterocycles. The summed E-state index contributed by atoms with van der Waals surface area (Å²) in [5, 5.41) is 109. The van der Waals surface area contributed by atoms with Crippen LogP contribution in [0.3, 0.4) is 0 Å². The van der Waals surface area contributed by atoms with Crippen molar-refractivity contribution in [1.29, 1.82) is 0 Å². The topological polar surface area (TPSA) is 395 Å². The number of aromatic nitrogens is 24. The minimum atomic E-state index is -1.12. The van der Waals surface area contributed by atoms with E-state index in [0.717, 1.165) is 83.0 Å². The second-order valence-corrected chi connectivity index (χ2v) is 28.2. The number of rotatable bonds is 20. The molecule has 0 saturated heterocycles. The number of hydrogen-bond acceptors (Lipinski definition) is 20. The zero-order valence-electron chi connectivity index (χ0n) is 57.5. The van der Waals surface area contributed by atoms with Crippen molar-refractivity contribution >= 4 is 23.9 Å². The van der Waals surface area contributed by atoms with E-state index in [1.165, 1.54) is 92.0 Å². The summed E-state index contributed by atoms with van der Waals surface area (Å²) in [6.45, 7) is 0. The van der Waals surface area contributed by atoms with E-state index in [0.29, 0.717) is 68.3 Å². The summed E-state index contributed by atoms with van der Waals surface area (Å²) in [4.78, 5) is 49.8. The van der Waals surface area contributed by atoms with E-state index in [-0.39, 0.29) is 22.3 Å². The van der Waals surface area contributed by atoms with E-state index in [2.05, 4.69) is 180 Å². The summed E-state index contributed by atoms with van der Waals surface area (Å²) >= 11 is 0. The Labute approximate surface area is 620 Å². The van der Waals surface area contributed by atoms with Gasteiger partial charge in [-0.2, -0.15) is 0 Å². The predicted octanol–water partition coefficient (Wildman–Crippen LogP) is 10.2. The molecule has 8 aromatic carbocycles. The smallest absolute Gasteiger partial charge is 0.335 e. The van der Waals surface area contributed by atoms with Crippen molar-refractivity contribution in [2.24, 2.45) is 0 Å². The van der Waals surface area contributed by atoms with E-state index < -0.39 is 45.5 Å². The van der Waals surface area contributed by atoms with E-state index in [4.69, 9.17) is 0 Å². The molecule has 0 unspecified atom stereocenters. The van der Waals surface area contributed by atoms with E-state index in [1.807, 2.05) is 0 Å². The van der Waals surface area contributed by atoms with Gasteiger partial charge in [-0.05, 0) is 155 Å². The van der Waals surface area contributed by atoms with Crippen molar-refractivity contribution in [2.75, 3.05) is 0 Å². The molecule has 110 heavy (non-hydrogen) atoms. The first kappa shape index (κ1) is 65.5. The van der Waals surface area contributed by atoms with Crippen molar-refractivity contribution in [3.8, 4) is 90.5 Å². The van der Waals surface area contributed by atoms with Crippen LogP contribution in [0.25, 0.3) is 90.5 Å². The van der Waals surface area contributed by atoms with Crippen molar-refractivity contribution in [3.05, 3.63) is 289 Å². The molecule has 0 amide bonds. The third-order valence-corrected chi connectivity index (χ3v) is 21.6. The maximum absolute atomic E-state index is 12.4. The fourth-order valence-corrected chi connectivity index (χ4v) is 17.2. The van der Waals surface area contributed by atoms with E-state index in [1.54, 1.807) is 92.6 Å². The highest BCUT2D eigenvalue weighted by Gasteiger charge is 2.69. The fourth-order valence-electron chi connectivity index (χ4n) is 17.2. The highest BCUT2D eigenvalue weighted by Crippen LogP contribution is 2.75. The molecule has 4 aliphatic rings. The average molecular weight is 1460 g/mol. The minimum Gasteiger partial charge on any atom is -0.478 e. The zero-order chi connectivity index (χ0) is 74.6. The molecular formula is C78H56N24O8. The number of carboxylic acid groups (broad SMARTS) is 4. The van der Waals surface area contributed by atoms with Gasteiger partial charge in [-0.1, -0.05) is 139 Å². The number of carboxylic acids is 4. The van der Waals surface area contributed by atoms with Crippen LogP contribution in [-0.2, 0) is 21.7 Å². The molecule has 4 bridgehead atoms. The van der Waals surface area contributed by atoms with Gasteiger partial charge in [0.25, 0.3) is 0 Å². The quantitative estimate of drug-likeness (QED) is 0.0551. The lowest BCUT2D eigenvalue weighted by molar-refractivity contribution is -0.0691. The van der Waals surface area contributed by atoms with Crippen molar-refractivity contribution in [1.82, 2.24) is 120 Å². The molecule has 0 atom stereocenters. The molecule has 4 aliphatic carbocycles. The van der Waals surface area contributed by atoms with Crippen LogP contribution >= 0.6 is 0 Å². The predicted molar refractivity (Wildman–Crippen MR) is 389 cm³/mol. The Hall–Kier alpha value is -15.2. The van der Waals surface area contributed by atoms with Gasteiger partial charge >= 0.3 is 23.9 Å². The van der Waals surface area contributed by atoms with Gasteiger partial charge in [0.2, 0.25) is 0 Å². The summed E-state index contributed by atoms with van der Waals surface area (Å²) in [5.41, 5.74) is 12.0.